The Morgan fingerprint density at radius 2 is 2.09 bits per heavy atom. The van der Waals surface area contributed by atoms with Crippen molar-refractivity contribution in [3.8, 4) is 5.75 Å². The van der Waals surface area contributed by atoms with Crippen LogP contribution in [0.3, 0.4) is 0 Å². The zero-order valence-electron chi connectivity index (χ0n) is 13.7. The van der Waals surface area contributed by atoms with E-state index in [1.54, 1.807) is 7.11 Å². The predicted molar refractivity (Wildman–Crippen MR) is 88.1 cm³/mol. The molecule has 0 aromatic heterocycles. The molecule has 1 heterocycles. The Labute approximate surface area is 137 Å². The average molecular weight is 318 g/mol. The molecule has 5 heteroatoms. The number of carbonyl (C=O) groups excluding carboxylic acids is 1. The second-order valence-electron chi connectivity index (χ2n) is 6.61. The second-order valence-corrected chi connectivity index (χ2v) is 6.61. The number of hydrogen-bond donors (Lipinski definition) is 1. The molecule has 5 nitrogen and oxygen atoms in total. The molecule has 1 aromatic carbocycles. The topological polar surface area (TPSA) is 64.8 Å². The highest BCUT2D eigenvalue weighted by Gasteiger charge is 2.35. The molecular weight excluding hydrogens is 292 g/mol. The van der Waals surface area contributed by atoms with Crippen molar-refractivity contribution in [2.45, 2.75) is 56.9 Å². The van der Waals surface area contributed by atoms with E-state index >= 15 is 0 Å². The molecule has 0 spiro atoms. The van der Waals surface area contributed by atoms with Crippen LogP contribution in [0, 0.1) is 0 Å². The van der Waals surface area contributed by atoms with Crippen LogP contribution in [0.15, 0.2) is 24.3 Å². The largest absolute Gasteiger partial charge is 0.490 e. The van der Waals surface area contributed by atoms with E-state index in [9.17, 15) is 4.79 Å². The molecule has 1 saturated heterocycles. The molecule has 0 radical (unpaired) electrons. The lowest BCUT2D eigenvalue weighted by Gasteiger charge is -2.22. The van der Waals surface area contributed by atoms with Crippen molar-refractivity contribution in [3.05, 3.63) is 29.8 Å². The fourth-order valence-electron chi connectivity index (χ4n) is 3.65. The molecule has 2 fully saturated rings. The highest BCUT2D eigenvalue weighted by atomic mass is 16.5. The summed E-state index contributed by atoms with van der Waals surface area (Å²) in [5.41, 5.74) is 6.68. The number of carbonyl (C=O) groups is 1. The SMILES string of the molecule is CO[C@H]1C[C@@H](C(N)=O)N(Cc2cccc(OC3CCCC3)c2)C1. The maximum absolute atomic E-state index is 11.7. The van der Waals surface area contributed by atoms with Crippen molar-refractivity contribution in [1.29, 1.82) is 0 Å². The zero-order chi connectivity index (χ0) is 16.2. The molecule has 1 amide bonds. The van der Waals surface area contributed by atoms with Gasteiger partial charge in [0.05, 0.1) is 18.2 Å². The number of hydrogen-bond acceptors (Lipinski definition) is 4. The van der Waals surface area contributed by atoms with Gasteiger partial charge in [-0.1, -0.05) is 12.1 Å². The molecule has 1 saturated carbocycles. The van der Waals surface area contributed by atoms with Crippen LogP contribution < -0.4 is 10.5 Å². The number of nitrogens with two attached hydrogens (primary N) is 1. The van der Waals surface area contributed by atoms with E-state index in [0.29, 0.717) is 19.1 Å². The summed E-state index contributed by atoms with van der Waals surface area (Å²) in [6.45, 7) is 1.42. The fraction of sp³-hybridized carbons (Fsp3) is 0.611. The molecule has 0 bridgehead atoms. The van der Waals surface area contributed by atoms with Crippen LogP contribution in [0.5, 0.6) is 5.75 Å². The van der Waals surface area contributed by atoms with Gasteiger partial charge in [-0.2, -0.15) is 0 Å². The maximum Gasteiger partial charge on any atom is 0.234 e. The Kier molecular flexibility index (Phi) is 5.18. The Morgan fingerprint density at radius 3 is 2.78 bits per heavy atom. The third-order valence-corrected chi connectivity index (χ3v) is 4.92. The second kappa shape index (κ2) is 7.32. The summed E-state index contributed by atoms with van der Waals surface area (Å²) < 4.78 is 11.5. The molecule has 2 atom stereocenters. The van der Waals surface area contributed by atoms with Crippen LogP contribution in [0.2, 0.25) is 0 Å². The number of likely N-dealkylation sites (tertiary alicyclic amines) is 1. The predicted octanol–water partition coefficient (Wildman–Crippen LogP) is 2.08. The molecular formula is C18H26N2O3. The third-order valence-electron chi connectivity index (χ3n) is 4.92. The minimum Gasteiger partial charge on any atom is -0.490 e. The first-order valence-electron chi connectivity index (χ1n) is 8.47. The van der Waals surface area contributed by atoms with Crippen LogP contribution in [0.25, 0.3) is 0 Å². The van der Waals surface area contributed by atoms with Gasteiger partial charge in [0, 0.05) is 20.2 Å². The summed E-state index contributed by atoms with van der Waals surface area (Å²) in [5.74, 6) is 0.649. The van der Waals surface area contributed by atoms with Crippen molar-refractivity contribution >= 4 is 5.91 Å². The summed E-state index contributed by atoms with van der Waals surface area (Å²) in [6, 6.07) is 7.92. The number of rotatable bonds is 6. The van der Waals surface area contributed by atoms with Gasteiger partial charge in [-0.25, -0.2) is 0 Å². The van der Waals surface area contributed by atoms with Crippen LogP contribution in [0.4, 0.5) is 0 Å². The van der Waals surface area contributed by atoms with Crippen molar-refractivity contribution < 1.29 is 14.3 Å². The molecule has 126 valence electrons. The average Bonchev–Trinajstić information content (AvgIpc) is 3.17. The summed E-state index contributed by atoms with van der Waals surface area (Å²) in [6.07, 6.45) is 5.92. The van der Waals surface area contributed by atoms with E-state index in [1.807, 2.05) is 12.1 Å². The van der Waals surface area contributed by atoms with E-state index in [2.05, 4.69) is 17.0 Å². The van der Waals surface area contributed by atoms with E-state index in [0.717, 1.165) is 30.7 Å². The van der Waals surface area contributed by atoms with Crippen molar-refractivity contribution in [1.82, 2.24) is 4.90 Å². The maximum atomic E-state index is 11.7. The van der Waals surface area contributed by atoms with Gasteiger partial charge in [0.2, 0.25) is 5.91 Å². The quantitative estimate of drug-likeness (QED) is 0.872. The van der Waals surface area contributed by atoms with Crippen molar-refractivity contribution in [2.75, 3.05) is 13.7 Å². The van der Waals surface area contributed by atoms with Gasteiger partial charge >= 0.3 is 0 Å². The standard InChI is InChI=1S/C18H26N2O3/c1-22-16-10-17(18(19)21)20(12-16)11-13-5-4-8-15(9-13)23-14-6-2-3-7-14/h4-5,8-9,14,16-17H,2-3,6-7,10-12H2,1H3,(H2,19,21)/t16-,17-/m0/s1. The van der Waals surface area contributed by atoms with Crippen LogP contribution in [-0.4, -0.2) is 42.7 Å². The zero-order valence-corrected chi connectivity index (χ0v) is 13.7. The Balaban J connectivity index is 1.65. The first-order valence-corrected chi connectivity index (χ1v) is 8.47. The van der Waals surface area contributed by atoms with Crippen LogP contribution >= 0.6 is 0 Å². The number of methoxy groups -OCH3 is 1. The minimum absolute atomic E-state index is 0.0745. The number of benzene rings is 1. The molecule has 23 heavy (non-hydrogen) atoms. The monoisotopic (exact) mass is 318 g/mol. The first kappa shape index (κ1) is 16.3. The Hall–Kier alpha value is -1.59. The fourth-order valence-corrected chi connectivity index (χ4v) is 3.65. The van der Waals surface area contributed by atoms with E-state index in [1.165, 1.54) is 12.8 Å². The summed E-state index contributed by atoms with van der Waals surface area (Å²) in [4.78, 5) is 13.8. The summed E-state index contributed by atoms with van der Waals surface area (Å²) in [5, 5.41) is 0. The molecule has 1 aliphatic heterocycles. The van der Waals surface area contributed by atoms with Gasteiger partial charge in [0.25, 0.3) is 0 Å². The third kappa shape index (κ3) is 4.03. The van der Waals surface area contributed by atoms with E-state index in [-0.39, 0.29) is 18.1 Å². The van der Waals surface area contributed by atoms with Gasteiger partial charge in [-0.3, -0.25) is 9.69 Å². The number of nitrogens with zero attached hydrogens (tertiary/aromatic N) is 1. The van der Waals surface area contributed by atoms with Crippen LogP contribution in [-0.2, 0) is 16.1 Å². The lowest BCUT2D eigenvalue weighted by atomic mass is 10.1. The number of amides is 1. The minimum atomic E-state index is -0.275. The van der Waals surface area contributed by atoms with Gasteiger partial charge in [0.1, 0.15) is 5.75 Å². The highest BCUT2D eigenvalue weighted by molar-refractivity contribution is 5.80. The molecule has 2 aliphatic rings. The van der Waals surface area contributed by atoms with Crippen LogP contribution in [0.1, 0.15) is 37.7 Å². The van der Waals surface area contributed by atoms with Gasteiger partial charge in [-0.05, 0) is 49.8 Å². The summed E-state index contributed by atoms with van der Waals surface area (Å²) >= 11 is 0. The molecule has 2 N–H and O–H groups in total. The highest BCUT2D eigenvalue weighted by Crippen LogP contribution is 2.26. The van der Waals surface area contributed by atoms with E-state index < -0.39 is 0 Å². The molecule has 3 rings (SSSR count). The number of primary amides is 1. The Bertz CT molecular complexity index is 543. The van der Waals surface area contributed by atoms with Gasteiger partial charge < -0.3 is 15.2 Å². The molecule has 1 aliphatic carbocycles. The lowest BCUT2D eigenvalue weighted by Crippen LogP contribution is -2.39. The normalized spacial score (nSPS) is 25.8. The summed E-state index contributed by atoms with van der Waals surface area (Å²) in [7, 11) is 1.68. The lowest BCUT2D eigenvalue weighted by molar-refractivity contribution is -0.122. The van der Waals surface area contributed by atoms with Crippen molar-refractivity contribution in [2.24, 2.45) is 5.73 Å². The van der Waals surface area contributed by atoms with Gasteiger partial charge in [0.15, 0.2) is 0 Å². The number of ether oxygens (including phenoxy) is 2. The van der Waals surface area contributed by atoms with E-state index in [4.69, 9.17) is 15.2 Å². The molecule has 0 unspecified atom stereocenters. The molecule has 1 aromatic rings. The Morgan fingerprint density at radius 1 is 1.30 bits per heavy atom. The van der Waals surface area contributed by atoms with Crippen molar-refractivity contribution in [3.63, 3.8) is 0 Å². The van der Waals surface area contributed by atoms with Gasteiger partial charge in [-0.15, -0.1) is 0 Å². The first-order chi connectivity index (χ1) is 11.2. The smallest absolute Gasteiger partial charge is 0.234 e.